The van der Waals surface area contributed by atoms with Gasteiger partial charge in [0.25, 0.3) is 0 Å². The van der Waals surface area contributed by atoms with E-state index < -0.39 is 0 Å². The van der Waals surface area contributed by atoms with Crippen molar-refractivity contribution in [2.75, 3.05) is 13.1 Å². The Hall–Kier alpha value is -0.680. The summed E-state index contributed by atoms with van der Waals surface area (Å²) in [6.07, 6.45) is 4.46. The highest BCUT2D eigenvalue weighted by Crippen LogP contribution is 2.20. The Morgan fingerprint density at radius 1 is 1.75 bits per heavy atom. The summed E-state index contributed by atoms with van der Waals surface area (Å²) in [4.78, 5) is 12.0. The molecule has 1 atom stereocenters. The van der Waals surface area contributed by atoms with Crippen molar-refractivity contribution in [3.05, 3.63) is 16.4 Å². The molecular formula is C11H16BrN3O. The zero-order valence-corrected chi connectivity index (χ0v) is 11.0. The van der Waals surface area contributed by atoms with Crippen LogP contribution in [0.1, 0.15) is 29.8 Å². The van der Waals surface area contributed by atoms with Gasteiger partial charge in [-0.2, -0.15) is 5.10 Å². The molecule has 0 aromatic carbocycles. The molecule has 4 nitrogen and oxygen atoms in total. The van der Waals surface area contributed by atoms with Crippen LogP contribution < -0.4 is 5.32 Å². The van der Waals surface area contributed by atoms with E-state index in [0.29, 0.717) is 18.0 Å². The Labute approximate surface area is 104 Å². The molecule has 0 spiro atoms. The van der Waals surface area contributed by atoms with Crippen molar-refractivity contribution in [1.82, 2.24) is 15.1 Å². The van der Waals surface area contributed by atoms with Gasteiger partial charge in [0.15, 0.2) is 5.78 Å². The Bertz CT molecular complexity index is 363. The molecule has 0 bridgehead atoms. The molecule has 0 amide bonds. The summed E-state index contributed by atoms with van der Waals surface area (Å²) >= 11 is 3.35. The predicted octanol–water partition coefficient (Wildman–Crippen LogP) is 1.75. The van der Waals surface area contributed by atoms with Crippen molar-refractivity contribution in [2.24, 2.45) is 13.0 Å². The highest BCUT2D eigenvalue weighted by atomic mass is 79.9. The van der Waals surface area contributed by atoms with Crippen molar-refractivity contribution in [2.45, 2.75) is 19.3 Å². The Balaban J connectivity index is 1.92. The molecule has 0 radical (unpaired) electrons. The maximum absolute atomic E-state index is 12.0. The minimum Gasteiger partial charge on any atom is -0.316 e. The molecule has 1 unspecified atom stereocenters. The lowest BCUT2D eigenvalue weighted by molar-refractivity contribution is 0.0964. The molecule has 1 aliphatic heterocycles. The van der Waals surface area contributed by atoms with Gasteiger partial charge in [0, 0.05) is 13.5 Å². The van der Waals surface area contributed by atoms with Gasteiger partial charge in [0.1, 0.15) is 5.69 Å². The third-order valence-electron chi connectivity index (χ3n) is 3.10. The van der Waals surface area contributed by atoms with Crippen molar-refractivity contribution in [3.8, 4) is 0 Å². The fourth-order valence-electron chi connectivity index (χ4n) is 2.14. The number of nitrogens with zero attached hydrogens (tertiary/aromatic N) is 2. The number of hydrogen-bond acceptors (Lipinski definition) is 3. The van der Waals surface area contributed by atoms with Crippen LogP contribution in [0.15, 0.2) is 10.7 Å². The smallest absolute Gasteiger partial charge is 0.182 e. The fourth-order valence-corrected chi connectivity index (χ4v) is 2.71. The van der Waals surface area contributed by atoms with Gasteiger partial charge in [0.2, 0.25) is 0 Å². The maximum Gasteiger partial charge on any atom is 0.182 e. The van der Waals surface area contributed by atoms with Gasteiger partial charge in [-0.3, -0.25) is 9.48 Å². The van der Waals surface area contributed by atoms with Gasteiger partial charge in [-0.05, 0) is 47.8 Å². The first-order valence-electron chi connectivity index (χ1n) is 5.60. The minimum atomic E-state index is 0.179. The molecule has 2 heterocycles. The van der Waals surface area contributed by atoms with Gasteiger partial charge < -0.3 is 5.32 Å². The summed E-state index contributed by atoms with van der Waals surface area (Å²) < 4.78 is 2.43. The molecule has 2 rings (SSSR count). The Morgan fingerprint density at radius 3 is 3.12 bits per heavy atom. The standard InChI is InChI=1S/C11H16BrN3O/c1-15-11(9(12)7-14-15)10(16)3-2-8-4-5-13-6-8/h7-8,13H,2-6H2,1H3. The molecule has 1 aliphatic rings. The number of carbonyl (C=O) groups excluding carboxylic acids is 1. The van der Waals surface area contributed by atoms with Crippen LogP contribution >= 0.6 is 15.9 Å². The van der Waals surface area contributed by atoms with Crippen LogP contribution in [0.2, 0.25) is 0 Å². The molecule has 1 aromatic heterocycles. The van der Waals surface area contributed by atoms with Crippen molar-refractivity contribution in [1.29, 1.82) is 0 Å². The number of aryl methyl sites for hydroxylation is 1. The molecule has 16 heavy (non-hydrogen) atoms. The summed E-state index contributed by atoms with van der Waals surface area (Å²) in [7, 11) is 1.80. The molecule has 1 saturated heterocycles. The molecular weight excluding hydrogens is 270 g/mol. The molecule has 1 fully saturated rings. The topological polar surface area (TPSA) is 46.9 Å². The van der Waals surface area contributed by atoms with E-state index in [1.165, 1.54) is 6.42 Å². The maximum atomic E-state index is 12.0. The van der Waals surface area contributed by atoms with E-state index in [-0.39, 0.29) is 5.78 Å². The second kappa shape index (κ2) is 5.10. The summed E-state index contributed by atoms with van der Waals surface area (Å²) in [6, 6.07) is 0. The predicted molar refractivity (Wildman–Crippen MR) is 65.4 cm³/mol. The van der Waals surface area contributed by atoms with Crippen LogP contribution in [-0.4, -0.2) is 28.7 Å². The summed E-state index contributed by atoms with van der Waals surface area (Å²) in [5, 5.41) is 7.37. The first kappa shape index (κ1) is 11.8. The van der Waals surface area contributed by atoms with E-state index in [1.54, 1.807) is 17.9 Å². The summed E-state index contributed by atoms with van der Waals surface area (Å²) in [5.74, 6) is 0.842. The average Bonchev–Trinajstić information content (AvgIpc) is 2.86. The third-order valence-corrected chi connectivity index (χ3v) is 3.68. The third kappa shape index (κ3) is 2.52. The van der Waals surface area contributed by atoms with Crippen LogP contribution in [0, 0.1) is 5.92 Å². The largest absolute Gasteiger partial charge is 0.316 e. The highest BCUT2D eigenvalue weighted by Gasteiger charge is 2.19. The highest BCUT2D eigenvalue weighted by molar-refractivity contribution is 9.10. The monoisotopic (exact) mass is 285 g/mol. The summed E-state index contributed by atoms with van der Waals surface area (Å²) in [6.45, 7) is 2.15. The number of nitrogens with one attached hydrogen (secondary N) is 1. The Kier molecular flexibility index (Phi) is 3.76. The average molecular weight is 286 g/mol. The zero-order chi connectivity index (χ0) is 11.5. The lowest BCUT2D eigenvalue weighted by atomic mass is 10.00. The Morgan fingerprint density at radius 2 is 2.56 bits per heavy atom. The molecule has 5 heteroatoms. The van der Waals surface area contributed by atoms with Crippen LogP contribution in [0.25, 0.3) is 0 Å². The van der Waals surface area contributed by atoms with E-state index in [4.69, 9.17) is 0 Å². The number of ketones is 1. The number of rotatable bonds is 4. The van der Waals surface area contributed by atoms with Crippen molar-refractivity contribution < 1.29 is 4.79 Å². The van der Waals surface area contributed by atoms with E-state index in [1.807, 2.05) is 0 Å². The zero-order valence-electron chi connectivity index (χ0n) is 9.37. The number of hydrogen-bond donors (Lipinski definition) is 1. The fraction of sp³-hybridized carbons (Fsp3) is 0.636. The van der Waals surface area contributed by atoms with E-state index in [9.17, 15) is 4.79 Å². The van der Waals surface area contributed by atoms with Gasteiger partial charge in [-0.25, -0.2) is 0 Å². The van der Waals surface area contributed by atoms with Crippen LogP contribution in [-0.2, 0) is 7.05 Å². The van der Waals surface area contributed by atoms with Gasteiger partial charge in [-0.1, -0.05) is 0 Å². The van der Waals surface area contributed by atoms with Gasteiger partial charge in [0.05, 0.1) is 10.7 Å². The van der Waals surface area contributed by atoms with Gasteiger partial charge in [-0.15, -0.1) is 0 Å². The van der Waals surface area contributed by atoms with Crippen LogP contribution in [0.4, 0.5) is 0 Å². The second-order valence-corrected chi connectivity index (χ2v) is 5.14. The number of carbonyl (C=O) groups is 1. The lowest BCUT2D eigenvalue weighted by Gasteiger charge is -2.07. The minimum absolute atomic E-state index is 0.179. The van der Waals surface area contributed by atoms with Crippen LogP contribution in [0.5, 0.6) is 0 Å². The second-order valence-electron chi connectivity index (χ2n) is 4.29. The molecule has 1 N–H and O–H groups in total. The van der Waals surface area contributed by atoms with E-state index >= 15 is 0 Å². The van der Waals surface area contributed by atoms with Gasteiger partial charge >= 0.3 is 0 Å². The van der Waals surface area contributed by atoms with E-state index in [2.05, 4.69) is 26.3 Å². The SMILES string of the molecule is Cn1ncc(Br)c1C(=O)CCC1CCNC1. The molecule has 1 aromatic rings. The lowest BCUT2D eigenvalue weighted by Crippen LogP contribution is -2.12. The molecule has 88 valence electrons. The number of halogens is 1. The van der Waals surface area contributed by atoms with Crippen molar-refractivity contribution in [3.63, 3.8) is 0 Å². The molecule has 0 saturated carbocycles. The van der Waals surface area contributed by atoms with Crippen molar-refractivity contribution >= 4 is 21.7 Å². The van der Waals surface area contributed by atoms with E-state index in [0.717, 1.165) is 24.0 Å². The first-order valence-corrected chi connectivity index (χ1v) is 6.39. The first-order chi connectivity index (χ1) is 7.68. The summed E-state index contributed by atoms with van der Waals surface area (Å²) in [5.41, 5.74) is 0.686. The normalized spacial score (nSPS) is 20.2. The number of aromatic nitrogens is 2. The van der Waals surface area contributed by atoms with Crippen LogP contribution in [0.3, 0.4) is 0 Å². The molecule has 0 aliphatic carbocycles. The quantitative estimate of drug-likeness (QED) is 0.858. The number of Topliss-reactive ketones (excluding diaryl/α,β-unsaturated/α-hetero) is 1.